The van der Waals surface area contributed by atoms with E-state index >= 15 is 0 Å². The standard InChI is InChI=1S/C24H33N3O2/c1-16-8-11-26(12-9-16)14-17-13-19-20(23-18(17)5-4-10-25-23)15-27(24(19)29)21-6-2-3-7-22(21)28/h4-5,13,16,21-22,25,28H,2-3,6-12,14-15H2,1H3/t21-,22-/m0/s1. The summed E-state index contributed by atoms with van der Waals surface area (Å²) in [6.07, 6.45) is 10.4. The Morgan fingerprint density at radius 1 is 1.17 bits per heavy atom. The number of benzene rings is 1. The number of rotatable bonds is 3. The van der Waals surface area contributed by atoms with Gasteiger partial charge in [0, 0.05) is 42.0 Å². The molecule has 2 N–H and O–H groups in total. The van der Waals surface area contributed by atoms with Gasteiger partial charge in [0.05, 0.1) is 12.1 Å². The molecule has 1 saturated carbocycles. The Labute approximate surface area is 173 Å². The number of carbonyl (C=O) groups is 1. The first-order valence-electron chi connectivity index (χ1n) is 11.4. The van der Waals surface area contributed by atoms with Gasteiger partial charge in [0.1, 0.15) is 0 Å². The highest BCUT2D eigenvalue weighted by Gasteiger charge is 2.39. The molecular formula is C24H33N3O2. The molecule has 1 aromatic carbocycles. The largest absolute Gasteiger partial charge is 0.391 e. The molecule has 0 bridgehead atoms. The van der Waals surface area contributed by atoms with Crippen LogP contribution in [0.25, 0.3) is 6.08 Å². The third-order valence-electron chi connectivity index (χ3n) is 7.43. The van der Waals surface area contributed by atoms with Crippen LogP contribution in [0.5, 0.6) is 0 Å². The molecule has 2 fully saturated rings. The third kappa shape index (κ3) is 3.49. The second kappa shape index (κ2) is 7.77. The summed E-state index contributed by atoms with van der Waals surface area (Å²) in [5.74, 6) is 0.928. The fourth-order valence-corrected chi connectivity index (χ4v) is 5.59. The number of piperidine rings is 1. The minimum Gasteiger partial charge on any atom is -0.391 e. The van der Waals surface area contributed by atoms with E-state index in [2.05, 4.69) is 35.4 Å². The number of likely N-dealkylation sites (tertiary alicyclic amines) is 1. The maximum atomic E-state index is 13.4. The fraction of sp³-hybridized carbons (Fsp3) is 0.625. The van der Waals surface area contributed by atoms with E-state index in [9.17, 15) is 9.90 Å². The van der Waals surface area contributed by atoms with Crippen molar-refractivity contribution in [3.8, 4) is 0 Å². The van der Waals surface area contributed by atoms with E-state index in [1.807, 2.05) is 4.90 Å². The number of nitrogens with zero attached hydrogens (tertiary/aromatic N) is 2. The Kier molecular flexibility index (Phi) is 5.12. The number of fused-ring (bicyclic) bond motifs is 3. The molecule has 3 aliphatic heterocycles. The van der Waals surface area contributed by atoms with Gasteiger partial charge in [0.15, 0.2) is 0 Å². The predicted octanol–water partition coefficient (Wildman–Crippen LogP) is 3.62. The summed E-state index contributed by atoms with van der Waals surface area (Å²) >= 11 is 0. The van der Waals surface area contributed by atoms with Crippen LogP contribution in [0.15, 0.2) is 12.1 Å². The molecule has 156 valence electrons. The smallest absolute Gasteiger partial charge is 0.254 e. The lowest BCUT2D eigenvalue weighted by molar-refractivity contribution is 0.0191. The van der Waals surface area contributed by atoms with Crippen molar-refractivity contribution in [1.82, 2.24) is 9.80 Å². The Bertz CT molecular complexity index is 826. The van der Waals surface area contributed by atoms with E-state index in [4.69, 9.17) is 0 Å². The number of nitrogens with one attached hydrogen (secondary N) is 1. The van der Waals surface area contributed by atoms with Gasteiger partial charge in [-0.05, 0) is 56.3 Å². The molecule has 1 aromatic rings. The summed E-state index contributed by atoms with van der Waals surface area (Å²) in [4.78, 5) is 17.9. The molecule has 1 saturated heterocycles. The van der Waals surface area contributed by atoms with E-state index in [0.717, 1.165) is 74.6 Å². The van der Waals surface area contributed by atoms with E-state index in [1.165, 1.54) is 24.0 Å². The molecule has 5 heteroatoms. The van der Waals surface area contributed by atoms with Crippen molar-refractivity contribution in [2.24, 2.45) is 5.92 Å². The van der Waals surface area contributed by atoms with Gasteiger partial charge in [-0.15, -0.1) is 0 Å². The average Bonchev–Trinajstić information content (AvgIpc) is 3.07. The molecule has 2 atom stereocenters. The lowest BCUT2D eigenvalue weighted by Crippen LogP contribution is -2.45. The number of hydrogen-bond acceptors (Lipinski definition) is 4. The van der Waals surface area contributed by atoms with Gasteiger partial charge < -0.3 is 15.3 Å². The molecule has 29 heavy (non-hydrogen) atoms. The molecule has 0 spiro atoms. The topological polar surface area (TPSA) is 55.8 Å². The van der Waals surface area contributed by atoms with Crippen LogP contribution >= 0.6 is 0 Å². The zero-order valence-corrected chi connectivity index (χ0v) is 17.5. The van der Waals surface area contributed by atoms with Crippen LogP contribution in [0.1, 0.15) is 72.5 Å². The molecule has 3 heterocycles. The average molecular weight is 396 g/mol. The zero-order valence-electron chi connectivity index (χ0n) is 17.5. The number of anilines is 1. The lowest BCUT2D eigenvalue weighted by Gasteiger charge is -2.35. The molecule has 0 unspecified atom stereocenters. The second-order valence-electron chi connectivity index (χ2n) is 9.44. The minimum atomic E-state index is -0.388. The second-order valence-corrected chi connectivity index (χ2v) is 9.44. The first-order chi connectivity index (χ1) is 14.1. The highest BCUT2D eigenvalue weighted by atomic mass is 16.3. The van der Waals surface area contributed by atoms with Crippen molar-refractivity contribution >= 4 is 17.7 Å². The molecule has 4 aliphatic rings. The van der Waals surface area contributed by atoms with Crippen molar-refractivity contribution in [2.45, 2.75) is 70.7 Å². The number of aliphatic hydroxyl groups excluding tert-OH is 1. The van der Waals surface area contributed by atoms with Crippen LogP contribution in [0, 0.1) is 5.92 Å². The van der Waals surface area contributed by atoms with E-state index in [0.29, 0.717) is 6.54 Å². The lowest BCUT2D eigenvalue weighted by atomic mass is 9.91. The molecule has 5 nitrogen and oxygen atoms in total. The maximum absolute atomic E-state index is 13.4. The Morgan fingerprint density at radius 2 is 1.97 bits per heavy atom. The molecule has 5 rings (SSSR count). The summed E-state index contributed by atoms with van der Waals surface area (Å²) < 4.78 is 0. The van der Waals surface area contributed by atoms with Crippen LogP contribution in [0.4, 0.5) is 5.69 Å². The number of amides is 1. The van der Waals surface area contributed by atoms with Crippen molar-refractivity contribution in [3.05, 3.63) is 34.4 Å². The third-order valence-corrected chi connectivity index (χ3v) is 7.43. The van der Waals surface area contributed by atoms with Crippen molar-refractivity contribution < 1.29 is 9.90 Å². The fourth-order valence-electron chi connectivity index (χ4n) is 5.59. The Balaban J connectivity index is 1.46. The molecule has 1 amide bonds. The van der Waals surface area contributed by atoms with Gasteiger partial charge in [-0.2, -0.15) is 0 Å². The van der Waals surface area contributed by atoms with E-state index in [-0.39, 0.29) is 18.1 Å². The summed E-state index contributed by atoms with van der Waals surface area (Å²) in [6.45, 7) is 6.96. The Morgan fingerprint density at radius 3 is 2.76 bits per heavy atom. The van der Waals surface area contributed by atoms with Gasteiger partial charge in [-0.1, -0.05) is 31.9 Å². The number of hydrogen-bond donors (Lipinski definition) is 2. The van der Waals surface area contributed by atoms with Crippen molar-refractivity contribution in [1.29, 1.82) is 0 Å². The van der Waals surface area contributed by atoms with Gasteiger partial charge >= 0.3 is 0 Å². The highest BCUT2D eigenvalue weighted by molar-refractivity contribution is 6.02. The first-order valence-corrected chi connectivity index (χ1v) is 11.4. The van der Waals surface area contributed by atoms with E-state index < -0.39 is 0 Å². The van der Waals surface area contributed by atoms with Gasteiger partial charge in [-0.25, -0.2) is 0 Å². The van der Waals surface area contributed by atoms with Gasteiger partial charge in [-0.3, -0.25) is 9.69 Å². The quantitative estimate of drug-likeness (QED) is 0.821. The predicted molar refractivity (Wildman–Crippen MR) is 116 cm³/mol. The van der Waals surface area contributed by atoms with Gasteiger partial charge in [0.25, 0.3) is 5.91 Å². The van der Waals surface area contributed by atoms with Crippen LogP contribution in [-0.2, 0) is 13.1 Å². The van der Waals surface area contributed by atoms with Crippen molar-refractivity contribution in [2.75, 3.05) is 25.0 Å². The number of carbonyl (C=O) groups excluding carboxylic acids is 1. The van der Waals surface area contributed by atoms with Crippen LogP contribution in [0.3, 0.4) is 0 Å². The summed E-state index contributed by atoms with van der Waals surface area (Å²) in [7, 11) is 0. The summed E-state index contributed by atoms with van der Waals surface area (Å²) in [6, 6.07) is 2.12. The van der Waals surface area contributed by atoms with E-state index in [1.54, 1.807) is 0 Å². The zero-order chi connectivity index (χ0) is 20.0. The number of aliphatic hydroxyl groups is 1. The molecule has 0 radical (unpaired) electrons. The van der Waals surface area contributed by atoms with Crippen LogP contribution in [-0.4, -0.2) is 52.6 Å². The molecule has 0 aromatic heterocycles. The van der Waals surface area contributed by atoms with Crippen LogP contribution < -0.4 is 5.32 Å². The van der Waals surface area contributed by atoms with Crippen LogP contribution in [0.2, 0.25) is 0 Å². The summed E-state index contributed by atoms with van der Waals surface area (Å²) in [5, 5.41) is 14.1. The minimum absolute atomic E-state index is 0.0366. The molecular weight excluding hydrogens is 362 g/mol. The summed E-state index contributed by atoms with van der Waals surface area (Å²) in [5.41, 5.74) is 5.64. The Hall–Kier alpha value is -1.85. The monoisotopic (exact) mass is 395 g/mol. The maximum Gasteiger partial charge on any atom is 0.254 e. The van der Waals surface area contributed by atoms with Crippen molar-refractivity contribution in [3.63, 3.8) is 0 Å². The first kappa shape index (κ1) is 19.1. The molecule has 1 aliphatic carbocycles. The SMILES string of the molecule is CC1CCN(Cc2cc3c(c4c2C=CCN4)CN([C@H]2CCCC[C@@H]2O)C3=O)CC1. The normalized spacial score (nSPS) is 27.7. The van der Waals surface area contributed by atoms with Gasteiger partial charge in [0.2, 0.25) is 0 Å². The highest BCUT2D eigenvalue weighted by Crippen LogP contribution is 2.40.